The van der Waals surface area contributed by atoms with Gasteiger partial charge in [-0.3, -0.25) is 13.9 Å². The molecule has 3 aromatic heterocycles. The average molecular weight is 555 g/mol. The van der Waals surface area contributed by atoms with Crippen molar-refractivity contribution >= 4 is 11.2 Å². The van der Waals surface area contributed by atoms with Crippen LogP contribution in [0.4, 0.5) is 0 Å². The summed E-state index contributed by atoms with van der Waals surface area (Å²) in [5, 5.41) is 14.5. The summed E-state index contributed by atoms with van der Waals surface area (Å²) in [6, 6.07) is 16.3. The molecule has 0 saturated heterocycles. The zero-order chi connectivity index (χ0) is 29.1. The number of imidazole rings is 1. The molecule has 0 radical (unpaired) electrons. The van der Waals surface area contributed by atoms with Crippen LogP contribution in [0.5, 0.6) is 0 Å². The molecule has 0 aliphatic heterocycles. The Balaban J connectivity index is 1.61. The highest BCUT2D eigenvalue weighted by Gasteiger charge is 2.22. The van der Waals surface area contributed by atoms with E-state index in [0.717, 1.165) is 47.3 Å². The summed E-state index contributed by atoms with van der Waals surface area (Å²) in [5.41, 5.74) is 4.42. The number of hydrogen-bond donors (Lipinski definition) is 1. The SMILES string of the molecule is CCCCc1nc2c(c(=O)n(CC(C)C)c(=O)n2CC(C)C)n1Cc1ccc(-c2ccccc2-c2nn[nH]n2)cc1. The molecule has 0 aliphatic carbocycles. The highest BCUT2D eigenvalue weighted by atomic mass is 16.2. The van der Waals surface area contributed by atoms with Gasteiger partial charge in [0.2, 0.25) is 5.82 Å². The number of aromatic amines is 1. The van der Waals surface area contributed by atoms with E-state index in [2.05, 4.69) is 65.7 Å². The fourth-order valence-electron chi connectivity index (χ4n) is 5.27. The first kappa shape index (κ1) is 28.2. The van der Waals surface area contributed by atoms with Gasteiger partial charge in [-0.2, -0.15) is 5.21 Å². The third kappa shape index (κ3) is 5.77. The number of benzene rings is 2. The van der Waals surface area contributed by atoms with Crippen LogP contribution < -0.4 is 11.2 Å². The summed E-state index contributed by atoms with van der Waals surface area (Å²) >= 11 is 0. The van der Waals surface area contributed by atoms with Crippen LogP contribution >= 0.6 is 0 Å². The fraction of sp³-hybridized carbons (Fsp3) is 0.419. The van der Waals surface area contributed by atoms with Crippen LogP contribution in [0, 0.1) is 11.8 Å². The molecule has 41 heavy (non-hydrogen) atoms. The zero-order valence-corrected chi connectivity index (χ0v) is 24.5. The number of hydrogen-bond acceptors (Lipinski definition) is 6. The Morgan fingerprint density at radius 2 is 1.54 bits per heavy atom. The topological polar surface area (TPSA) is 116 Å². The van der Waals surface area contributed by atoms with Crippen LogP contribution in [0.1, 0.15) is 58.8 Å². The molecule has 5 rings (SSSR count). The number of rotatable bonds is 11. The summed E-state index contributed by atoms with van der Waals surface area (Å²) in [7, 11) is 0. The van der Waals surface area contributed by atoms with E-state index >= 15 is 0 Å². The molecule has 5 aromatic rings. The molecule has 0 spiro atoms. The minimum absolute atomic E-state index is 0.157. The van der Waals surface area contributed by atoms with E-state index in [-0.39, 0.29) is 23.1 Å². The lowest BCUT2D eigenvalue weighted by atomic mass is 9.98. The minimum atomic E-state index is -0.277. The van der Waals surface area contributed by atoms with Crippen molar-refractivity contribution in [3.8, 4) is 22.5 Å². The summed E-state index contributed by atoms with van der Waals surface area (Å²) in [5.74, 6) is 1.77. The molecule has 0 bridgehead atoms. The Labute approximate surface area is 239 Å². The molecule has 10 heteroatoms. The highest BCUT2D eigenvalue weighted by Crippen LogP contribution is 2.30. The van der Waals surface area contributed by atoms with Gasteiger partial charge >= 0.3 is 5.69 Å². The monoisotopic (exact) mass is 554 g/mol. The van der Waals surface area contributed by atoms with Crippen molar-refractivity contribution in [1.29, 1.82) is 0 Å². The predicted molar refractivity (Wildman–Crippen MR) is 161 cm³/mol. The van der Waals surface area contributed by atoms with Gasteiger partial charge in [-0.05, 0) is 40.2 Å². The van der Waals surface area contributed by atoms with Crippen molar-refractivity contribution in [3.63, 3.8) is 0 Å². The van der Waals surface area contributed by atoms with Crippen LogP contribution in [0.2, 0.25) is 0 Å². The van der Waals surface area contributed by atoms with Crippen molar-refractivity contribution in [1.82, 2.24) is 39.3 Å². The van der Waals surface area contributed by atoms with E-state index in [0.29, 0.717) is 36.6 Å². The van der Waals surface area contributed by atoms with Gasteiger partial charge in [0, 0.05) is 31.6 Å². The number of aryl methyl sites for hydroxylation is 1. The van der Waals surface area contributed by atoms with Crippen molar-refractivity contribution in [2.24, 2.45) is 11.8 Å². The first-order valence-electron chi connectivity index (χ1n) is 14.4. The van der Waals surface area contributed by atoms with Crippen molar-refractivity contribution in [2.45, 2.75) is 73.5 Å². The molecule has 214 valence electrons. The molecule has 2 aromatic carbocycles. The van der Waals surface area contributed by atoms with Gasteiger partial charge < -0.3 is 4.57 Å². The molecule has 0 fully saturated rings. The number of nitrogens with one attached hydrogen (secondary N) is 1. The maximum atomic E-state index is 13.9. The van der Waals surface area contributed by atoms with Crippen molar-refractivity contribution in [3.05, 3.63) is 80.8 Å². The van der Waals surface area contributed by atoms with Crippen LogP contribution in [-0.4, -0.2) is 39.3 Å². The van der Waals surface area contributed by atoms with Crippen molar-refractivity contribution < 1.29 is 0 Å². The zero-order valence-electron chi connectivity index (χ0n) is 24.5. The molecular weight excluding hydrogens is 516 g/mol. The summed E-state index contributed by atoms with van der Waals surface area (Å²) in [6.07, 6.45) is 2.69. The second-order valence-corrected chi connectivity index (χ2v) is 11.5. The van der Waals surface area contributed by atoms with Gasteiger partial charge in [-0.15, -0.1) is 10.2 Å². The van der Waals surface area contributed by atoms with Crippen LogP contribution in [0.15, 0.2) is 58.1 Å². The lowest BCUT2D eigenvalue weighted by Gasteiger charge is -2.15. The standard InChI is InChI=1S/C31H38N8O2/c1-6-7-12-26-32-29-27(30(40)39(18-21(4)5)31(41)38(29)17-20(2)3)37(26)19-22-13-15-23(16-14-22)24-10-8-9-11-25(24)28-33-35-36-34-28/h8-11,13-16,20-21H,6-7,12,17-19H2,1-5H3,(H,33,34,35,36). The Bertz CT molecular complexity index is 1740. The molecule has 0 unspecified atom stereocenters. The third-order valence-corrected chi connectivity index (χ3v) is 7.16. The van der Waals surface area contributed by atoms with E-state index in [1.54, 1.807) is 4.57 Å². The van der Waals surface area contributed by atoms with Gasteiger partial charge in [0.05, 0.1) is 0 Å². The second-order valence-electron chi connectivity index (χ2n) is 11.5. The largest absolute Gasteiger partial charge is 0.332 e. The molecule has 3 heterocycles. The second kappa shape index (κ2) is 12.0. The number of aromatic nitrogens is 8. The summed E-state index contributed by atoms with van der Waals surface area (Å²) in [6.45, 7) is 11.7. The van der Waals surface area contributed by atoms with E-state index in [9.17, 15) is 9.59 Å². The van der Waals surface area contributed by atoms with Crippen LogP contribution in [-0.2, 0) is 26.1 Å². The number of H-pyrrole nitrogens is 1. The first-order chi connectivity index (χ1) is 19.8. The Kier molecular flexibility index (Phi) is 8.28. The number of unbranched alkanes of at least 4 members (excludes halogenated alkanes) is 1. The molecule has 0 aliphatic rings. The summed E-state index contributed by atoms with van der Waals surface area (Å²) in [4.78, 5) is 32.3. The number of nitrogens with zero attached hydrogens (tertiary/aromatic N) is 7. The number of fused-ring (bicyclic) bond motifs is 1. The Hall–Kier alpha value is -4.34. The normalized spacial score (nSPS) is 11.8. The van der Waals surface area contributed by atoms with Crippen LogP contribution in [0.3, 0.4) is 0 Å². The Morgan fingerprint density at radius 3 is 2.17 bits per heavy atom. The average Bonchev–Trinajstić information content (AvgIpc) is 3.61. The molecule has 0 amide bonds. The molecule has 0 saturated carbocycles. The quantitative estimate of drug-likeness (QED) is 0.248. The van der Waals surface area contributed by atoms with Crippen molar-refractivity contribution in [2.75, 3.05) is 0 Å². The third-order valence-electron chi connectivity index (χ3n) is 7.16. The molecule has 0 atom stereocenters. The van der Waals surface area contributed by atoms with E-state index in [4.69, 9.17) is 4.98 Å². The smallest absolute Gasteiger partial charge is 0.318 e. The fourth-order valence-corrected chi connectivity index (χ4v) is 5.27. The lowest BCUT2D eigenvalue weighted by Crippen LogP contribution is -2.42. The lowest BCUT2D eigenvalue weighted by molar-refractivity contribution is 0.450. The minimum Gasteiger partial charge on any atom is -0.318 e. The molecule has 1 N–H and O–H groups in total. The Morgan fingerprint density at radius 1 is 0.854 bits per heavy atom. The maximum Gasteiger partial charge on any atom is 0.332 e. The highest BCUT2D eigenvalue weighted by molar-refractivity contribution is 5.80. The van der Waals surface area contributed by atoms with Gasteiger partial charge in [0.25, 0.3) is 5.56 Å². The summed E-state index contributed by atoms with van der Waals surface area (Å²) < 4.78 is 5.13. The van der Waals surface area contributed by atoms with Gasteiger partial charge in [0.15, 0.2) is 11.2 Å². The van der Waals surface area contributed by atoms with Gasteiger partial charge in [-0.1, -0.05) is 89.6 Å². The molecular formula is C31H38N8O2. The molecule has 10 nitrogen and oxygen atoms in total. The van der Waals surface area contributed by atoms with Gasteiger partial charge in [0.1, 0.15) is 5.82 Å². The van der Waals surface area contributed by atoms with E-state index in [1.165, 1.54) is 4.57 Å². The van der Waals surface area contributed by atoms with E-state index < -0.39 is 0 Å². The number of tetrazole rings is 1. The predicted octanol–water partition coefficient (Wildman–Crippen LogP) is 4.91. The van der Waals surface area contributed by atoms with E-state index in [1.807, 2.05) is 42.7 Å². The van der Waals surface area contributed by atoms with Gasteiger partial charge in [-0.25, -0.2) is 9.78 Å². The van der Waals surface area contributed by atoms with Crippen LogP contribution in [0.25, 0.3) is 33.7 Å². The maximum absolute atomic E-state index is 13.9. The first-order valence-corrected chi connectivity index (χ1v) is 14.4.